The number of fused-ring (bicyclic) bond motifs is 4. The van der Waals surface area contributed by atoms with Crippen LogP contribution in [0.4, 0.5) is 5.69 Å². The molecule has 0 amide bonds. The van der Waals surface area contributed by atoms with E-state index in [4.69, 9.17) is 4.74 Å². The van der Waals surface area contributed by atoms with Crippen molar-refractivity contribution < 1.29 is 9.53 Å². The number of nitrogens with zero attached hydrogens (tertiary/aromatic N) is 3. The second-order valence-electron chi connectivity index (χ2n) is 11.5. The lowest BCUT2D eigenvalue weighted by atomic mass is 9.70. The second kappa shape index (κ2) is 8.02. The molecule has 2 aliphatic heterocycles. The Kier molecular flexibility index (Phi) is 4.96. The number of ether oxygens (including phenoxy) is 1. The molecule has 3 aromatic rings. The number of carbonyl (C=O) groups excluding carboxylic acids is 1. The summed E-state index contributed by atoms with van der Waals surface area (Å²) in [5.74, 6) is 0.741. The lowest BCUT2D eigenvalue weighted by Gasteiger charge is -2.44. The molecule has 3 heterocycles. The predicted molar refractivity (Wildman–Crippen MR) is 144 cm³/mol. The van der Waals surface area contributed by atoms with Crippen molar-refractivity contribution in [3.8, 4) is 0 Å². The number of hydrogen-bond donors (Lipinski definition) is 1. The lowest BCUT2D eigenvalue weighted by Crippen LogP contribution is -2.56. The van der Waals surface area contributed by atoms with Gasteiger partial charge >= 0.3 is 0 Å². The van der Waals surface area contributed by atoms with Crippen LogP contribution >= 0.6 is 0 Å². The molecule has 36 heavy (non-hydrogen) atoms. The molecule has 4 aliphatic rings. The molecule has 3 fully saturated rings. The first kappa shape index (κ1) is 22.3. The number of ketones is 1. The van der Waals surface area contributed by atoms with Crippen molar-refractivity contribution in [2.24, 2.45) is 4.99 Å². The quantitative estimate of drug-likeness (QED) is 0.557. The summed E-state index contributed by atoms with van der Waals surface area (Å²) in [5, 5.41) is 1.01. The van der Waals surface area contributed by atoms with Gasteiger partial charge in [-0.3, -0.25) is 14.7 Å². The van der Waals surface area contributed by atoms with Crippen LogP contribution in [0.15, 0.2) is 35.3 Å². The van der Waals surface area contributed by atoms with Gasteiger partial charge in [-0.15, -0.1) is 0 Å². The highest BCUT2D eigenvalue weighted by Gasteiger charge is 2.42. The van der Waals surface area contributed by atoms with E-state index in [1.807, 2.05) is 12.3 Å². The van der Waals surface area contributed by atoms with Crippen LogP contribution in [0, 0.1) is 0 Å². The Morgan fingerprint density at radius 3 is 2.53 bits per heavy atom. The third-order valence-electron chi connectivity index (χ3n) is 8.85. The van der Waals surface area contributed by atoms with Crippen LogP contribution in [0.1, 0.15) is 70.9 Å². The zero-order valence-electron chi connectivity index (χ0n) is 21.4. The van der Waals surface area contributed by atoms with Gasteiger partial charge < -0.3 is 14.6 Å². The van der Waals surface area contributed by atoms with Crippen LogP contribution in [0.2, 0.25) is 0 Å². The van der Waals surface area contributed by atoms with Crippen molar-refractivity contribution in [3.63, 3.8) is 0 Å². The van der Waals surface area contributed by atoms with Gasteiger partial charge in [-0.2, -0.15) is 0 Å². The highest BCUT2D eigenvalue weighted by molar-refractivity contribution is 6.20. The Morgan fingerprint density at radius 2 is 1.86 bits per heavy atom. The van der Waals surface area contributed by atoms with Crippen molar-refractivity contribution in [1.29, 1.82) is 0 Å². The van der Waals surface area contributed by atoms with Crippen LogP contribution in [-0.2, 0) is 10.2 Å². The molecule has 0 atom stereocenters. The van der Waals surface area contributed by atoms with Crippen molar-refractivity contribution in [2.45, 2.75) is 44.1 Å². The first-order valence-corrected chi connectivity index (χ1v) is 13.3. The van der Waals surface area contributed by atoms with Gasteiger partial charge in [-0.1, -0.05) is 26.0 Å². The van der Waals surface area contributed by atoms with Crippen molar-refractivity contribution in [1.82, 2.24) is 9.88 Å². The van der Waals surface area contributed by atoms with E-state index in [0.29, 0.717) is 12.0 Å². The Morgan fingerprint density at radius 1 is 1.08 bits per heavy atom. The molecule has 0 radical (unpaired) electrons. The molecule has 1 aromatic heterocycles. The SMILES string of the molecule is CN=Cc1ccc2c3c([nH]c2c1)C(C)(C)c1cc(N2CCN(C4COC4)CC2)c(C2CC2)cc1C3=O. The van der Waals surface area contributed by atoms with Gasteiger partial charge in [0.25, 0.3) is 0 Å². The maximum Gasteiger partial charge on any atom is 0.195 e. The van der Waals surface area contributed by atoms with E-state index in [9.17, 15) is 4.79 Å². The first-order chi connectivity index (χ1) is 17.5. The smallest absolute Gasteiger partial charge is 0.195 e. The van der Waals surface area contributed by atoms with Crippen LogP contribution in [0.25, 0.3) is 10.9 Å². The molecular weight excluding hydrogens is 448 g/mol. The number of piperazine rings is 1. The average molecular weight is 483 g/mol. The summed E-state index contributed by atoms with van der Waals surface area (Å²) in [6, 6.07) is 11.4. The van der Waals surface area contributed by atoms with E-state index in [-0.39, 0.29) is 11.2 Å². The van der Waals surface area contributed by atoms with Gasteiger partial charge in [-0.25, -0.2) is 0 Å². The third kappa shape index (κ3) is 3.31. The standard InChI is InChI=1S/C30H34N4O2/c1-30(2)24-14-26(34-10-8-33(9-11-34)20-16-36-17-20)22(19-5-6-19)13-23(24)28(35)27-21-7-4-18(15-31-3)12-25(21)32-29(27)30/h4,7,12-15,19-20,32H,5-6,8-11,16-17H2,1-3H3. The monoisotopic (exact) mass is 482 g/mol. The van der Waals surface area contributed by atoms with E-state index in [1.54, 1.807) is 7.05 Å². The molecule has 2 aliphatic carbocycles. The summed E-state index contributed by atoms with van der Waals surface area (Å²) in [6.07, 6.45) is 4.30. The average Bonchev–Trinajstić information content (AvgIpc) is 3.61. The highest BCUT2D eigenvalue weighted by atomic mass is 16.5. The number of anilines is 1. The molecule has 186 valence electrons. The number of hydrogen-bond acceptors (Lipinski definition) is 5. The van der Waals surface area contributed by atoms with Gasteiger partial charge in [0.2, 0.25) is 0 Å². The fraction of sp³-hybridized carbons (Fsp3) is 0.467. The number of rotatable bonds is 4. The second-order valence-corrected chi connectivity index (χ2v) is 11.5. The van der Waals surface area contributed by atoms with Crippen LogP contribution in [0.5, 0.6) is 0 Å². The summed E-state index contributed by atoms with van der Waals surface area (Å²) in [5.41, 5.74) is 8.39. The van der Waals surface area contributed by atoms with Gasteiger partial charge in [0.1, 0.15) is 0 Å². The molecule has 0 spiro atoms. The van der Waals surface area contributed by atoms with Crippen LogP contribution in [-0.4, -0.2) is 74.4 Å². The van der Waals surface area contributed by atoms with E-state index >= 15 is 0 Å². The largest absolute Gasteiger partial charge is 0.378 e. The molecule has 1 N–H and O–H groups in total. The molecule has 2 saturated heterocycles. The van der Waals surface area contributed by atoms with Gasteiger partial charge in [0.15, 0.2) is 5.78 Å². The van der Waals surface area contributed by atoms with E-state index < -0.39 is 0 Å². The number of aromatic nitrogens is 1. The molecule has 0 bridgehead atoms. The summed E-state index contributed by atoms with van der Waals surface area (Å²) in [4.78, 5) is 27.0. The van der Waals surface area contributed by atoms with Crippen LogP contribution in [0.3, 0.4) is 0 Å². The minimum Gasteiger partial charge on any atom is -0.378 e. The maximum absolute atomic E-state index is 14.0. The van der Waals surface area contributed by atoms with Crippen molar-refractivity contribution >= 4 is 28.6 Å². The molecule has 0 unspecified atom stereocenters. The Bertz CT molecular complexity index is 1400. The summed E-state index contributed by atoms with van der Waals surface area (Å²) >= 11 is 0. The Balaban J connectivity index is 1.31. The molecule has 2 aromatic carbocycles. The molecular formula is C30H34N4O2. The van der Waals surface area contributed by atoms with Gasteiger partial charge in [-0.05, 0) is 53.6 Å². The van der Waals surface area contributed by atoms with Crippen LogP contribution < -0.4 is 4.90 Å². The minimum atomic E-state index is -0.293. The lowest BCUT2D eigenvalue weighted by molar-refractivity contribution is -0.0660. The maximum atomic E-state index is 14.0. The number of aliphatic imine (C=N–C) groups is 1. The molecule has 7 rings (SSSR count). The van der Waals surface area contributed by atoms with Crippen molar-refractivity contribution in [3.05, 3.63) is 63.8 Å². The fourth-order valence-corrected chi connectivity index (χ4v) is 6.49. The topological polar surface area (TPSA) is 60.9 Å². The van der Waals surface area contributed by atoms with E-state index in [1.165, 1.54) is 24.1 Å². The third-order valence-corrected chi connectivity index (χ3v) is 8.85. The van der Waals surface area contributed by atoms with E-state index in [2.05, 4.69) is 57.9 Å². The number of nitrogens with one attached hydrogen (secondary N) is 1. The zero-order chi connectivity index (χ0) is 24.6. The number of benzene rings is 2. The van der Waals surface area contributed by atoms with Crippen molar-refractivity contribution in [2.75, 3.05) is 51.3 Å². The minimum absolute atomic E-state index is 0.158. The molecule has 6 nitrogen and oxygen atoms in total. The van der Waals surface area contributed by atoms with E-state index in [0.717, 1.165) is 78.2 Å². The summed E-state index contributed by atoms with van der Waals surface area (Å²) in [6.45, 7) is 10.5. The number of aromatic amines is 1. The Hall–Kier alpha value is -2.96. The number of carbonyl (C=O) groups is 1. The predicted octanol–water partition coefficient (Wildman–Crippen LogP) is 4.49. The van der Waals surface area contributed by atoms with Gasteiger partial charge in [0, 0.05) is 72.7 Å². The number of H-pyrrole nitrogens is 1. The summed E-state index contributed by atoms with van der Waals surface area (Å²) in [7, 11) is 1.78. The molecule has 1 saturated carbocycles. The molecule has 6 heteroatoms. The zero-order valence-corrected chi connectivity index (χ0v) is 21.4. The highest BCUT2D eigenvalue weighted by Crippen LogP contribution is 2.50. The normalized spacial score (nSPS) is 22.2. The summed E-state index contributed by atoms with van der Waals surface area (Å²) < 4.78 is 5.43. The van der Waals surface area contributed by atoms with Gasteiger partial charge in [0.05, 0.1) is 24.8 Å². The first-order valence-electron chi connectivity index (χ1n) is 13.3. The Labute approximate surface area is 212 Å². The fourth-order valence-electron chi connectivity index (χ4n) is 6.49.